The fourth-order valence-corrected chi connectivity index (χ4v) is 4.31. The van der Waals surface area contributed by atoms with Crippen LogP contribution in [0.4, 0.5) is 0 Å². The number of hydrogen-bond donors (Lipinski definition) is 1. The molecule has 1 N–H and O–H groups in total. The van der Waals surface area contributed by atoms with Gasteiger partial charge in [0.15, 0.2) is 0 Å². The van der Waals surface area contributed by atoms with Crippen LogP contribution in [0.25, 0.3) is 0 Å². The number of nitrogens with one attached hydrogen (secondary N) is 1. The number of carbonyl (C=O) groups excluding carboxylic acids is 2. The van der Waals surface area contributed by atoms with Crippen LogP contribution in [-0.2, 0) is 14.3 Å². The van der Waals surface area contributed by atoms with E-state index in [1.165, 1.54) is 0 Å². The highest BCUT2D eigenvalue weighted by Gasteiger charge is 2.40. The Morgan fingerprint density at radius 3 is 2.84 bits per heavy atom. The number of amides is 2. The predicted octanol–water partition coefficient (Wildman–Crippen LogP) is 1.17. The van der Waals surface area contributed by atoms with E-state index in [1.807, 2.05) is 11.0 Å². The predicted molar refractivity (Wildman–Crippen MR) is 96.1 cm³/mol. The molecule has 3 aliphatic heterocycles. The van der Waals surface area contributed by atoms with Crippen molar-refractivity contribution in [3.8, 4) is 0 Å². The molecule has 2 amide bonds. The van der Waals surface area contributed by atoms with Gasteiger partial charge in [-0.25, -0.2) is 0 Å². The van der Waals surface area contributed by atoms with Crippen LogP contribution in [0.3, 0.4) is 0 Å². The highest BCUT2D eigenvalue weighted by Crippen LogP contribution is 2.40. The zero-order valence-electron chi connectivity index (χ0n) is 15.2. The smallest absolute Gasteiger partial charge is 0.234 e. The molecule has 3 saturated heterocycles. The summed E-state index contributed by atoms with van der Waals surface area (Å²) in [5.74, 6) is 0.347. The Balaban J connectivity index is 1.41. The third-order valence-electron chi connectivity index (χ3n) is 5.93. The van der Waals surface area contributed by atoms with Crippen LogP contribution in [0.2, 0.25) is 0 Å². The number of ether oxygens (including phenoxy) is 1. The van der Waals surface area contributed by atoms with E-state index in [0.29, 0.717) is 26.1 Å². The second-order valence-electron chi connectivity index (χ2n) is 7.78. The molecule has 1 unspecified atom stereocenters. The largest absolute Gasteiger partial charge is 0.376 e. The average molecular weight is 349 g/mol. The molecule has 1 spiro atoms. The molecule has 0 aromatic carbocycles. The van der Waals surface area contributed by atoms with Crippen LogP contribution in [0.1, 0.15) is 38.5 Å². The first-order valence-electron chi connectivity index (χ1n) is 9.60. The summed E-state index contributed by atoms with van der Waals surface area (Å²) >= 11 is 0. The maximum atomic E-state index is 12.1. The van der Waals surface area contributed by atoms with Crippen LogP contribution >= 0.6 is 0 Å². The summed E-state index contributed by atoms with van der Waals surface area (Å²) in [4.78, 5) is 28.3. The minimum atomic E-state index is 0.0959. The zero-order valence-corrected chi connectivity index (χ0v) is 15.2. The lowest BCUT2D eigenvalue weighted by atomic mass is 9.72. The molecule has 0 aliphatic carbocycles. The lowest BCUT2D eigenvalue weighted by molar-refractivity contribution is -0.138. The van der Waals surface area contributed by atoms with Crippen LogP contribution < -0.4 is 5.32 Å². The van der Waals surface area contributed by atoms with Crippen molar-refractivity contribution in [3.05, 3.63) is 12.7 Å². The quantitative estimate of drug-likeness (QED) is 0.732. The van der Waals surface area contributed by atoms with Gasteiger partial charge in [-0.05, 0) is 50.6 Å². The third-order valence-corrected chi connectivity index (χ3v) is 5.93. The minimum Gasteiger partial charge on any atom is -0.376 e. The van der Waals surface area contributed by atoms with Crippen molar-refractivity contribution < 1.29 is 14.3 Å². The molecule has 3 fully saturated rings. The topological polar surface area (TPSA) is 61.9 Å². The van der Waals surface area contributed by atoms with Crippen molar-refractivity contribution >= 4 is 11.8 Å². The summed E-state index contributed by atoms with van der Waals surface area (Å²) in [7, 11) is 0. The molecular weight excluding hydrogens is 318 g/mol. The highest BCUT2D eigenvalue weighted by atomic mass is 16.5. The maximum Gasteiger partial charge on any atom is 0.234 e. The van der Waals surface area contributed by atoms with E-state index in [4.69, 9.17) is 4.74 Å². The molecule has 0 saturated carbocycles. The summed E-state index contributed by atoms with van der Waals surface area (Å²) in [6.07, 6.45) is 7.91. The van der Waals surface area contributed by atoms with Gasteiger partial charge in [-0.2, -0.15) is 0 Å². The first kappa shape index (κ1) is 18.4. The Labute approximate surface area is 150 Å². The normalized spacial score (nSPS) is 26.8. The van der Waals surface area contributed by atoms with Gasteiger partial charge in [-0.1, -0.05) is 6.08 Å². The second-order valence-corrected chi connectivity index (χ2v) is 7.78. The van der Waals surface area contributed by atoms with Crippen LogP contribution in [0.15, 0.2) is 12.7 Å². The Morgan fingerprint density at radius 2 is 2.16 bits per heavy atom. The Bertz CT molecular complexity index is 494. The Morgan fingerprint density at radius 1 is 1.36 bits per heavy atom. The summed E-state index contributed by atoms with van der Waals surface area (Å²) < 4.78 is 5.54. The minimum absolute atomic E-state index is 0.0959. The van der Waals surface area contributed by atoms with Gasteiger partial charge in [0.2, 0.25) is 11.8 Å². The number of hydrogen-bond acceptors (Lipinski definition) is 4. The SMILES string of the molecule is C=CCN1CC2(CCC1=O)CCN(CC(=O)NCC1CCCO1)CC2. The molecule has 0 aromatic heterocycles. The molecular formula is C19H31N3O3. The number of nitrogens with zero attached hydrogens (tertiary/aromatic N) is 2. The lowest BCUT2D eigenvalue weighted by Gasteiger charge is -2.47. The fraction of sp³-hybridized carbons (Fsp3) is 0.789. The van der Waals surface area contributed by atoms with E-state index >= 15 is 0 Å². The van der Waals surface area contributed by atoms with Gasteiger partial charge in [0.1, 0.15) is 0 Å². The molecule has 3 aliphatic rings. The zero-order chi connectivity index (χ0) is 17.7. The Kier molecular flexibility index (Phi) is 6.12. The monoisotopic (exact) mass is 349 g/mol. The lowest BCUT2D eigenvalue weighted by Crippen LogP contribution is -2.52. The van der Waals surface area contributed by atoms with Crippen LogP contribution in [0, 0.1) is 5.41 Å². The molecule has 3 rings (SSSR count). The molecule has 6 heteroatoms. The van der Waals surface area contributed by atoms with Crippen molar-refractivity contribution in [1.29, 1.82) is 0 Å². The molecule has 3 heterocycles. The molecule has 25 heavy (non-hydrogen) atoms. The van der Waals surface area contributed by atoms with Crippen molar-refractivity contribution in [2.45, 2.75) is 44.6 Å². The van der Waals surface area contributed by atoms with E-state index < -0.39 is 0 Å². The number of likely N-dealkylation sites (tertiary alicyclic amines) is 2. The van der Waals surface area contributed by atoms with E-state index in [1.54, 1.807) is 0 Å². The van der Waals surface area contributed by atoms with Crippen LogP contribution in [0.5, 0.6) is 0 Å². The van der Waals surface area contributed by atoms with Crippen molar-refractivity contribution in [1.82, 2.24) is 15.1 Å². The fourth-order valence-electron chi connectivity index (χ4n) is 4.31. The average Bonchev–Trinajstić information content (AvgIpc) is 3.13. The van der Waals surface area contributed by atoms with Crippen molar-refractivity contribution in [3.63, 3.8) is 0 Å². The van der Waals surface area contributed by atoms with Crippen LogP contribution in [-0.4, -0.2) is 73.6 Å². The van der Waals surface area contributed by atoms with Crippen molar-refractivity contribution in [2.75, 3.05) is 45.9 Å². The van der Waals surface area contributed by atoms with E-state index in [-0.39, 0.29) is 23.3 Å². The second kappa shape index (κ2) is 8.32. The van der Waals surface area contributed by atoms with Crippen molar-refractivity contribution in [2.24, 2.45) is 5.41 Å². The van der Waals surface area contributed by atoms with E-state index in [0.717, 1.165) is 58.3 Å². The van der Waals surface area contributed by atoms with Gasteiger partial charge in [-0.3, -0.25) is 14.5 Å². The van der Waals surface area contributed by atoms with Gasteiger partial charge < -0.3 is 15.0 Å². The molecule has 1 atom stereocenters. The first-order valence-corrected chi connectivity index (χ1v) is 9.60. The van der Waals surface area contributed by atoms with E-state index in [9.17, 15) is 9.59 Å². The molecule has 6 nitrogen and oxygen atoms in total. The summed E-state index contributed by atoms with van der Waals surface area (Å²) in [6.45, 7) is 9.04. The van der Waals surface area contributed by atoms with Gasteiger partial charge in [0.25, 0.3) is 0 Å². The summed E-state index contributed by atoms with van der Waals surface area (Å²) in [5.41, 5.74) is 0.238. The van der Waals surface area contributed by atoms with Gasteiger partial charge in [0.05, 0.1) is 12.6 Å². The molecule has 0 bridgehead atoms. The molecule has 0 aromatic rings. The number of piperidine rings is 2. The standard InChI is InChI=1S/C19H31N3O3/c1-2-9-22-15-19(6-5-18(22)24)7-10-21(11-8-19)14-17(23)20-13-16-4-3-12-25-16/h2,16H,1,3-15H2,(H,20,23). The number of carbonyl (C=O) groups is 2. The summed E-state index contributed by atoms with van der Waals surface area (Å²) in [5, 5.41) is 3.00. The highest BCUT2D eigenvalue weighted by molar-refractivity contribution is 5.78. The van der Waals surface area contributed by atoms with Gasteiger partial charge in [-0.15, -0.1) is 6.58 Å². The maximum absolute atomic E-state index is 12.1. The van der Waals surface area contributed by atoms with E-state index in [2.05, 4.69) is 16.8 Å². The third kappa shape index (κ3) is 4.82. The van der Waals surface area contributed by atoms with Gasteiger partial charge in [0, 0.05) is 32.7 Å². The van der Waals surface area contributed by atoms with Gasteiger partial charge >= 0.3 is 0 Å². The first-order chi connectivity index (χ1) is 12.1. The molecule has 0 radical (unpaired) electrons. The Hall–Kier alpha value is -1.40. The molecule has 140 valence electrons. The summed E-state index contributed by atoms with van der Waals surface area (Å²) in [6, 6.07) is 0. The number of rotatable bonds is 6.